The molecule has 0 bridgehead atoms. The van der Waals surface area contributed by atoms with E-state index in [9.17, 15) is 10.1 Å². The number of aromatic nitrogens is 1. The molecule has 1 saturated heterocycles. The van der Waals surface area contributed by atoms with Crippen LogP contribution in [0.25, 0.3) is 11.1 Å². The zero-order chi connectivity index (χ0) is 12.5. The highest BCUT2D eigenvalue weighted by Crippen LogP contribution is 2.30. The van der Waals surface area contributed by atoms with Crippen LogP contribution in [0.3, 0.4) is 0 Å². The van der Waals surface area contributed by atoms with Crippen molar-refractivity contribution in [2.45, 2.75) is 16.9 Å². The molecule has 1 aliphatic rings. The van der Waals surface area contributed by atoms with Crippen molar-refractivity contribution >= 4 is 28.5 Å². The van der Waals surface area contributed by atoms with E-state index in [1.165, 1.54) is 12.1 Å². The van der Waals surface area contributed by atoms with Gasteiger partial charge < -0.3 is 9.73 Å². The van der Waals surface area contributed by atoms with Gasteiger partial charge in [-0.1, -0.05) is 11.8 Å². The maximum Gasteiger partial charge on any atom is 0.271 e. The second kappa shape index (κ2) is 4.58. The first kappa shape index (κ1) is 11.5. The Hall–Kier alpha value is -1.60. The van der Waals surface area contributed by atoms with Gasteiger partial charge in [0.2, 0.25) is 0 Å². The summed E-state index contributed by atoms with van der Waals surface area (Å²) < 4.78 is 5.57. The number of oxazole rings is 1. The summed E-state index contributed by atoms with van der Waals surface area (Å²) in [4.78, 5) is 14.5. The highest BCUT2D eigenvalue weighted by atomic mass is 32.2. The Kier molecular flexibility index (Phi) is 2.92. The van der Waals surface area contributed by atoms with Crippen molar-refractivity contribution < 1.29 is 9.34 Å². The van der Waals surface area contributed by atoms with Crippen LogP contribution in [0.15, 0.2) is 27.8 Å². The molecule has 1 aromatic heterocycles. The predicted octanol–water partition coefficient (Wildman–Crippen LogP) is 2.19. The van der Waals surface area contributed by atoms with Crippen molar-refractivity contribution in [1.29, 1.82) is 0 Å². The maximum absolute atomic E-state index is 10.7. The van der Waals surface area contributed by atoms with Crippen LogP contribution in [0.2, 0.25) is 0 Å². The lowest BCUT2D eigenvalue weighted by molar-refractivity contribution is -0.384. The number of nitrogens with one attached hydrogen (secondary N) is 1. The Morgan fingerprint density at radius 2 is 2.44 bits per heavy atom. The molecule has 0 unspecified atom stereocenters. The number of nitrogens with zero attached hydrogens (tertiary/aromatic N) is 2. The van der Waals surface area contributed by atoms with Crippen LogP contribution in [-0.2, 0) is 0 Å². The maximum atomic E-state index is 10.7. The third-order valence-electron chi connectivity index (χ3n) is 2.84. The lowest BCUT2D eigenvalue weighted by Gasteiger charge is -2.01. The van der Waals surface area contributed by atoms with Crippen LogP contribution in [0.1, 0.15) is 6.42 Å². The van der Waals surface area contributed by atoms with Gasteiger partial charge in [0, 0.05) is 23.9 Å². The molecule has 6 nitrogen and oxygen atoms in total. The smallest absolute Gasteiger partial charge is 0.271 e. The van der Waals surface area contributed by atoms with Gasteiger partial charge in [-0.05, 0) is 19.0 Å². The molecule has 1 aliphatic heterocycles. The van der Waals surface area contributed by atoms with Gasteiger partial charge in [-0.25, -0.2) is 4.98 Å². The highest BCUT2D eigenvalue weighted by molar-refractivity contribution is 7.99. The lowest BCUT2D eigenvalue weighted by atomic mass is 10.3. The first-order valence-electron chi connectivity index (χ1n) is 5.65. The minimum Gasteiger partial charge on any atom is -0.431 e. The fraction of sp³-hybridized carbons (Fsp3) is 0.364. The third kappa shape index (κ3) is 2.19. The molecule has 7 heteroatoms. The molecule has 0 amide bonds. The molecular weight excluding hydrogens is 254 g/mol. The molecular formula is C11H11N3O3S. The van der Waals surface area contributed by atoms with E-state index in [0.29, 0.717) is 21.6 Å². The van der Waals surface area contributed by atoms with Crippen LogP contribution in [0.4, 0.5) is 5.69 Å². The Morgan fingerprint density at radius 3 is 3.17 bits per heavy atom. The minimum absolute atomic E-state index is 0.0369. The van der Waals surface area contributed by atoms with Crippen LogP contribution in [0, 0.1) is 10.1 Å². The number of non-ortho nitro benzene ring substituents is 1. The van der Waals surface area contributed by atoms with E-state index < -0.39 is 4.92 Å². The highest BCUT2D eigenvalue weighted by Gasteiger charge is 2.19. The second-order valence-electron chi connectivity index (χ2n) is 4.12. The van der Waals surface area contributed by atoms with Gasteiger partial charge in [-0.15, -0.1) is 0 Å². The summed E-state index contributed by atoms with van der Waals surface area (Å²) in [6.07, 6.45) is 1.09. The van der Waals surface area contributed by atoms with Gasteiger partial charge in [0.15, 0.2) is 5.58 Å². The molecule has 94 valence electrons. The first-order valence-corrected chi connectivity index (χ1v) is 6.53. The Bertz CT molecular complexity index is 592. The Labute approximate surface area is 107 Å². The number of nitro groups is 1. The molecule has 1 atom stereocenters. The predicted molar refractivity (Wildman–Crippen MR) is 67.8 cm³/mol. The summed E-state index contributed by atoms with van der Waals surface area (Å²) in [6, 6.07) is 4.46. The molecule has 2 heterocycles. The zero-order valence-corrected chi connectivity index (χ0v) is 10.3. The van der Waals surface area contributed by atoms with Gasteiger partial charge in [-0.2, -0.15) is 0 Å². The Morgan fingerprint density at radius 1 is 1.56 bits per heavy atom. The minimum atomic E-state index is -0.429. The summed E-state index contributed by atoms with van der Waals surface area (Å²) in [5.41, 5.74) is 1.17. The number of hydrogen-bond donors (Lipinski definition) is 1. The lowest BCUT2D eigenvalue weighted by Crippen LogP contribution is -2.09. The third-order valence-corrected chi connectivity index (χ3v) is 3.96. The van der Waals surface area contributed by atoms with E-state index in [-0.39, 0.29) is 5.69 Å². The van der Waals surface area contributed by atoms with Gasteiger partial charge in [-0.3, -0.25) is 10.1 Å². The number of fused-ring (bicyclic) bond motifs is 1. The van der Waals surface area contributed by atoms with Crippen LogP contribution < -0.4 is 5.32 Å². The number of rotatable bonds is 3. The normalized spacial score (nSPS) is 19.4. The van der Waals surface area contributed by atoms with E-state index in [1.807, 2.05) is 0 Å². The zero-order valence-electron chi connectivity index (χ0n) is 9.46. The topological polar surface area (TPSA) is 81.2 Å². The average molecular weight is 265 g/mol. The molecule has 1 fully saturated rings. The van der Waals surface area contributed by atoms with Gasteiger partial charge >= 0.3 is 0 Å². The van der Waals surface area contributed by atoms with Crippen LogP contribution in [0.5, 0.6) is 0 Å². The molecule has 2 aromatic rings. The summed E-state index contributed by atoms with van der Waals surface area (Å²) in [5.74, 6) is 0. The second-order valence-corrected chi connectivity index (χ2v) is 5.37. The summed E-state index contributed by atoms with van der Waals surface area (Å²) in [5, 5.41) is 15.0. The van der Waals surface area contributed by atoms with Gasteiger partial charge in [0.1, 0.15) is 5.52 Å². The molecule has 0 saturated carbocycles. The first-order chi connectivity index (χ1) is 8.72. The van der Waals surface area contributed by atoms with Gasteiger partial charge in [0.05, 0.1) is 4.92 Å². The van der Waals surface area contributed by atoms with E-state index >= 15 is 0 Å². The van der Waals surface area contributed by atoms with Crippen molar-refractivity contribution in [3.63, 3.8) is 0 Å². The number of nitro benzene ring substituents is 1. The number of benzene rings is 1. The quantitative estimate of drug-likeness (QED) is 0.676. The molecule has 1 N–H and O–H groups in total. The van der Waals surface area contributed by atoms with Crippen molar-refractivity contribution in [2.24, 2.45) is 0 Å². The van der Waals surface area contributed by atoms with Crippen LogP contribution >= 0.6 is 11.8 Å². The summed E-state index contributed by atoms with van der Waals surface area (Å²) in [7, 11) is 0. The molecule has 0 aliphatic carbocycles. The summed E-state index contributed by atoms with van der Waals surface area (Å²) >= 11 is 1.58. The molecule has 0 radical (unpaired) electrons. The SMILES string of the molecule is O=[N+]([O-])c1ccc2oc(S[C@H]3CCNC3)nc2c1. The van der Waals surface area contributed by atoms with E-state index in [0.717, 1.165) is 19.5 Å². The molecule has 0 spiro atoms. The molecule has 1 aromatic carbocycles. The van der Waals surface area contributed by atoms with Crippen molar-refractivity contribution in [2.75, 3.05) is 13.1 Å². The largest absolute Gasteiger partial charge is 0.431 e. The average Bonchev–Trinajstić information content (AvgIpc) is 2.96. The fourth-order valence-electron chi connectivity index (χ4n) is 1.93. The Balaban J connectivity index is 1.87. The fourth-order valence-corrected chi connectivity index (χ4v) is 2.94. The molecule has 18 heavy (non-hydrogen) atoms. The van der Waals surface area contributed by atoms with E-state index in [4.69, 9.17) is 4.42 Å². The van der Waals surface area contributed by atoms with E-state index in [2.05, 4.69) is 10.3 Å². The summed E-state index contributed by atoms with van der Waals surface area (Å²) in [6.45, 7) is 1.97. The monoisotopic (exact) mass is 265 g/mol. The van der Waals surface area contributed by atoms with Crippen molar-refractivity contribution in [3.05, 3.63) is 28.3 Å². The number of hydrogen-bond acceptors (Lipinski definition) is 6. The van der Waals surface area contributed by atoms with Crippen molar-refractivity contribution in [3.8, 4) is 0 Å². The van der Waals surface area contributed by atoms with E-state index in [1.54, 1.807) is 17.8 Å². The van der Waals surface area contributed by atoms with Gasteiger partial charge in [0.25, 0.3) is 10.9 Å². The standard InChI is InChI=1S/C11H11N3O3S/c15-14(16)7-1-2-10-9(5-7)13-11(17-10)18-8-3-4-12-6-8/h1-2,5,8,12H,3-4,6H2/t8-/m0/s1. The van der Waals surface area contributed by atoms with Crippen molar-refractivity contribution in [1.82, 2.24) is 10.3 Å². The molecule has 3 rings (SSSR count). The number of thioether (sulfide) groups is 1. The van der Waals surface area contributed by atoms with Crippen LogP contribution in [-0.4, -0.2) is 28.2 Å².